The monoisotopic (exact) mass is 303 g/mol. The molecule has 4 nitrogen and oxygen atoms in total. The number of piperazine rings is 1. The molecule has 1 fully saturated rings. The van der Waals surface area contributed by atoms with E-state index in [1.807, 2.05) is 0 Å². The molecule has 22 heavy (non-hydrogen) atoms. The molecule has 0 aliphatic carbocycles. The quantitative estimate of drug-likeness (QED) is 0.830. The summed E-state index contributed by atoms with van der Waals surface area (Å²) in [5.41, 5.74) is 2.59. The number of amides is 1. The van der Waals surface area contributed by atoms with E-state index in [4.69, 9.17) is 0 Å². The van der Waals surface area contributed by atoms with Gasteiger partial charge in [-0.25, -0.2) is 0 Å². The Balaban J connectivity index is 1.59. The van der Waals surface area contributed by atoms with Gasteiger partial charge < -0.3 is 10.2 Å². The van der Waals surface area contributed by atoms with Gasteiger partial charge >= 0.3 is 0 Å². The molecule has 2 rings (SSSR count). The van der Waals surface area contributed by atoms with E-state index >= 15 is 0 Å². The number of likely N-dealkylation sites (N-methyl/N-ethyl adjacent to an activating group) is 1. The van der Waals surface area contributed by atoms with E-state index in [9.17, 15) is 4.79 Å². The van der Waals surface area contributed by atoms with Gasteiger partial charge in [0.15, 0.2) is 0 Å². The maximum absolute atomic E-state index is 11.9. The highest BCUT2D eigenvalue weighted by atomic mass is 16.1. The van der Waals surface area contributed by atoms with Crippen molar-refractivity contribution in [2.75, 3.05) is 46.3 Å². The number of aryl methyl sites for hydroxylation is 2. The second-order valence-electron chi connectivity index (χ2n) is 6.16. The molecule has 0 radical (unpaired) electrons. The first kappa shape index (κ1) is 17.0. The Labute approximate surface area is 134 Å². The normalized spacial score (nSPS) is 16.6. The fourth-order valence-corrected chi connectivity index (χ4v) is 2.71. The van der Waals surface area contributed by atoms with Gasteiger partial charge in [-0.3, -0.25) is 9.69 Å². The van der Waals surface area contributed by atoms with Gasteiger partial charge in [-0.05, 0) is 31.0 Å². The molecule has 0 unspecified atom stereocenters. The first-order valence-electron chi connectivity index (χ1n) is 8.43. The van der Waals surface area contributed by atoms with Crippen LogP contribution in [0.2, 0.25) is 0 Å². The van der Waals surface area contributed by atoms with E-state index in [2.05, 4.69) is 53.4 Å². The Bertz CT molecular complexity index is 450. The second kappa shape index (κ2) is 8.91. The van der Waals surface area contributed by atoms with E-state index in [0.29, 0.717) is 6.42 Å². The number of carbonyl (C=O) groups excluding carboxylic acids is 1. The lowest BCUT2D eigenvalue weighted by Gasteiger charge is -2.32. The lowest BCUT2D eigenvalue weighted by atomic mass is 10.1. The van der Waals surface area contributed by atoms with Crippen LogP contribution in [0, 0.1) is 0 Å². The van der Waals surface area contributed by atoms with Crippen LogP contribution < -0.4 is 5.32 Å². The van der Waals surface area contributed by atoms with Crippen molar-refractivity contribution in [3.63, 3.8) is 0 Å². The Morgan fingerprint density at radius 2 is 1.73 bits per heavy atom. The summed E-state index contributed by atoms with van der Waals surface area (Å²) in [4.78, 5) is 16.7. The molecule has 1 aromatic rings. The fraction of sp³-hybridized carbons (Fsp3) is 0.611. The molecule has 0 bridgehead atoms. The van der Waals surface area contributed by atoms with Gasteiger partial charge in [-0.1, -0.05) is 31.2 Å². The number of nitrogens with zero attached hydrogens (tertiary/aromatic N) is 2. The number of hydrogen-bond donors (Lipinski definition) is 1. The minimum absolute atomic E-state index is 0.161. The smallest absolute Gasteiger partial charge is 0.220 e. The van der Waals surface area contributed by atoms with Gasteiger partial charge in [-0.2, -0.15) is 0 Å². The minimum atomic E-state index is 0.161. The third kappa shape index (κ3) is 5.78. The van der Waals surface area contributed by atoms with Crippen molar-refractivity contribution in [3.05, 3.63) is 35.4 Å². The fourth-order valence-electron chi connectivity index (χ4n) is 2.71. The topological polar surface area (TPSA) is 35.6 Å². The summed E-state index contributed by atoms with van der Waals surface area (Å²) >= 11 is 0. The third-order valence-corrected chi connectivity index (χ3v) is 4.42. The second-order valence-corrected chi connectivity index (χ2v) is 6.16. The standard InChI is InChI=1S/C18H29N3O/c1-3-16-4-6-17(7-5-16)8-9-18(22)19-10-11-21-14-12-20(2)13-15-21/h4-7H,3,8-15H2,1-2H3,(H,19,22). The Kier molecular flexibility index (Phi) is 6.87. The first-order chi connectivity index (χ1) is 10.7. The highest BCUT2D eigenvalue weighted by Crippen LogP contribution is 2.07. The molecule has 0 atom stereocenters. The average Bonchev–Trinajstić information content (AvgIpc) is 2.55. The van der Waals surface area contributed by atoms with Crippen molar-refractivity contribution in [2.24, 2.45) is 0 Å². The maximum atomic E-state index is 11.9. The predicted molar refractivity (Wildman–Crippen MR) is 91.1 cm³/mol. The van der Waals surface area contributed by atoms with Gasteiger partial charge in [0.05, 0.1) is 0 Å². The molecule has 1 aliphatic heterocycles. The zero-order chi connectivity index (χ0) is 15.8. The largest absolute Gasteiger partial charge is 0.355 e. The summed E-state index contributed by atoms with van der Waals surface area (Å²) in [6, 6.07) is 8.58. The first-order valence-corrected chi connectivity index (χ1v) is 8.43. The number of benzene rings is 1. The molecule has 1 heterocycles. The Morgan fingerprint density at radius 3 is 2.36 bits per heavy atom. The van der Waals surface area contributed by atoms with Gasteiger partial charge in [0.1, 0.15) is 0 Å². The molecule has 1 saturated heterocycles. The predicted octanol–water partition coefficient (Wildman–Crippen LogP) is 1.55. The molecule has 1 aromatic carbocycles. The summed E-state index contributed by atoms with van der Waals surface area (Å²) in [5, 5.41) is 3.04. The van der Waals surface area contributed by atoms with Crippen LogP contribution in [0.25, 0.3) is 0 Å². The van der Waals surface area contributed by atoms with E-state index in [-0.39, 0.29) is 5.91 Å². The van der Waals surface area contributed by atoms with Crippen LogP contribution in [0.3, 0.4) is 0 Å². The minimum Gasteiger partial charge on any atom is -0.355 e. The molecule has 4 heteroatoms. The van der Waals surface area contributed by atoms with E-state index < -0.39 is 0 Å². The molecular weight excluding hydrogens is 274 g/mol. The van der Waals surface area contributed by atoms with E-state index in [1.165, 1.54) is 11.1 Å². The van der Waals surface area contributed by atoms with Gasteiger partial charge in [-0.15, -0.1) is 0 Å². The zero-order valence-electron chi connectivity index (χ0n) is 14.0. The summed E-state index contributed by atoms with van der Waals surface area (Å²) in [7, 11) is 2.16. The van der Waals surface area contributed by atoms with Crippen LogP contribution in [0.4, 0.5) is 0 Å². The molecular formula is C18H29N3O. The van der Waals surface area contributed by atoms with Crippen LogP contribution in [-0.2, 0) is 17.6 Å². The molecule has 0 saturated carbocycles. The van der Waals surface area contributed by atoms with Crippen molar-refractivity contribution < 1.29 is 4.79 Å². The van der Waals surface area contributed by atoms with Crippen molar-refractivity contribution in [2.45, 2.75) is 26.2 Å². The Morgan fingerprint density at radius 1 is 1.09 bits per heavy atom. The number of nitrogens with one attached hydrogen (secondary N) is 1. The summed E-state index contributed by atoms with van der Waals surface area (Å²) in [6.07, 6.45) is 2.46. The molecule has 0 aromatic heterocycles. The highest BCUT2D eigenvalue weighted by molar-refractivity contribution is 5.76. The van der Waals surface area contributed by atoms with Crippen LogP contribution in [-0.4, -0.2) is 62.0 Å². The van der Waals surface area contributed by atoms with E-state index in [1.54, 1.807) is 0 Å². The van der Waals surface area contributed by atoms with Crippen LogP contribution >= 0.6 is 0 Å². The highest BCUT2D eigenvalue weighted by Gasteiger charge is 2.13. The maximum Gasteiger partial charge on any atom is 0.220 e. The molecule has 1 aliphatic rings. The molecule has 1 amide bonds. The van der Waals surface area contributed by atoms with Crippen molar-refractivity contribution in [1.29, 1.82) is 0 Å². The van der Waals surface area contributed by atoms with Gasteiger partial charge in [0.2, 0.25) is 5.91 Å². The number of hydrogen-bond acceptors (Lipinski definition) is 3. The molecule has 122 valence electrons. The summed E-state index contributed by atoms with van der Waals surface area (Å²) in [6.45, 7) is 8.35. The van der Waals surface area contributed by atoms with E-state index in [0.717, 1.165) is 52.1 Å². The molecule has 1 N–H and O–H groups in total. The summed E-state index contributed by atoms with van der Waals surface area (Å²) in [5.74, 6) is 0.161. The zero-order valence-corrected chi connectivity index (χ0v) is 14.0. The van der Waals surface area contributed by atoms with Crippen molar-refractivity contribution in [1.82, 2.24) is 15.1 Å². The molecule has 0 spiro atoms. The lowest BCUT2D eigenvalue weighted by Crippen LogP contribution is -2.46. The average molecular weight is 303 g/mol. The van der Waals surface area contributed by atoms with Gasteiger partial charge in [0, 0.05) is 45.7 Å². The number of carbonyl (C=O) groups is 1. The van der Waals surface area contributed by atoms with Crippen LogP contribution in [0.15, 0.2) is 24.3 Å². The number of rotatable bonds is 7. The van der Waals surface area contributed by atoms with Crippen molar-refractivity contribution in [3.8, 4) is 0 Å². The Hall–Kier alpha value is -1.39. The van der Waals surface area contributed by atoms with Crippen LogP contribution in [0.1, 0.15) is 24.5 Å². The van der Waals surface area contributed by atoms with Crippen LogP contribution in [0.5, 0.6) is 0 Å². The van der Waals surface area contributed by atoms with Crippen molar-refractivity contribution >= 4 is 5.91 Å². The third-order valence-electron chi connectivity index (χ3n) is 4.42. The van der Waals surface area contributed by atoms with Gasteiger partial charge in [0.25, 0.3) is 0 Å². The SMILES string of the molecule is CCc1ccc(CCC(=O)NCCN2CCN(C)CC2)cc1. The lowest BCUT2D eigenvalue weighted by molar-refractivity contribution is -0.121. The summed E-state index contributed by atoms with van der Waals surface area (Å²) < 4.78 is 0.